The molecule has 2 heterocycles. The summed E-state index contributed by atoms with van der Waals surface area (Å²) in [5, 5.41) is 8.84. The zero-order chi connectivity index (χ0) is 10.8. The lowest BCUT2D eigenvalue weighted by molar-refractivity contribution is -0.141. The normalized spacial score (nSPS) is 28.4. The fourth-order valence-corrected chi connectivity index (χ4v) is 2.25. The third-order valence-electron chi connectivity index (χ3n) is 3.14. The van der Waals surface area contributed by atoms with Crippen molar-refractivity contribution in [2.75, 3.05) is 19.8 Å². The highest BCUT2D eigenvalue weighted by atomic mass is 16.5. The number of nitrogens with zero attached hydrogens (tertiary/aromatic N) is 1. The van der Waals surface area contributed by atoms with Crippen LogP contribution in [0.1, 0.15) is 19.3 Å². The first-order valence-electron chi connectivity index (χ1n) is 5.28. The third-order valence-corrected chi connectivity index (χ3v) is 3.14. The van der Waals surface area contributed by atoms with Gasteiger partial charge in [0, 0.05) is 32.2 Å². The zero-order valence-electron chi connectivity index (χ0n) is 8.52. The molecule has 1 amide bonds. The highest BCUT2D eigenvalue weighted by molar-refractivity contribution is 5.86. The number of aliphatic carboxylic acids is 1. The van der Waals surface area contributed by atoms with Crippen LogP contribution < -0.4 is 0 Å². The Hall–Kier alpha value is -1.10. The van der Waals surface area contributed by atoms with Gasteiger partial charge in [0.1, 0.15) is 0 Å². The molecule has 2 fully saturated rings. The van der Waals surface area contributed by atoms with Crippen LogP contribution in [-0.2, 0) is 14.3 Å². The van der Waals surface area contributed by atoms with E-state index in [1.165, 1.54) is 0 Å². The first-order valence-corrected chi connectivity index (χ1v) is 5.28. The van der Waals surface area contributed by atoms with Gasteiger partial charge in [-0.25, -0.2) is 0 Å². The van der Waals surface area contributed by atoms with E-state index in [-0.39, 0.29) is 18.4 Å². The molecular weight excluding hydrogens is 198 g/mol. The predicted molar refractivity (Wildman–Crippen MR) is 51.3 cm³/mol. The monoisotopic (exact) mass is 213 g/mol. The molecular formula is C10H15NO4. The van der Waals surface area contributed by atoms with E-state index in [0.717, 1.165) is 12.8 Å². The number of hydrogen-bond acceptors (Lipinski definition) is 3. The molecule has 0 radical (unpaired) electrons. The Kier molecular flexibility index (Phi) is 2.90. The van der Waals surface area contributed by atoms with Gasteiger partial charge in [-0.15, -0.1) is 0 Å². The van der Waals surface area contributed by atoms with Crippen molar-refractivity contribution in [3.63, 3.8) is 0 Å². The minimum Gasteiger partial charge on any atom is -0.481 e. The average Bonchev–Trinajstić information content (AvgIpc) is 2.62. The standard InChI is InChI=1S/C10H15NO4/c12-9-5-7(10(13)14)6-11(9)8-1-3-15-4-2-8/h7-8H,1-6H2,(H,13,14). The van der Waals surface area contributed by atoms with Crippen molar-refractivity contribution in [1.82, 2.24) is 4.90 Å². The van der Waals surface area contributed by atoms with Crippen LogP contribution in [0, 0.1) is 5.92 Å². The molecule has 0 aliphatic carbocycles. The van der Waals surface area contributed by atoms with Gasteiger partial charge in [-0.1, -0.05) is 0 Å². The second-order valence-electron chi connectivity index (χ2n) is 4.13. The van der Waals surface area contributed by atoms with E-state index in [1.54, 1.807) is 4.90 Å². The molecule has 0 bridgehead atoms. The lowest BCUT2D eigenvalue weighted by Crippen LogP contribution is -2.40. The molecule has 0 saturated carbocycles. The van der Waals surface area contributed by atoms with Crippen molar-refractivity contribution in [1.29, 1.82) is 0 Å². The maximum Gasteiger partial charge on any atom is 0.308 e. The molecule has 1 N–H and O–H groups in total. The van der Waals surface area contributed by atoms with Crippen molar-refractivity contribution < 1.29 is 19.4 Å². The van der Waals surface area contributed by atoms with Crippen LogP contribution in [0.15, 0.2) is 0 Å². The highest BCUT2D eigenvalue weighted by Gasteiger charge is 2.38. The summed E-state index contributed by atoms with van der Waals surface area (Å²) in [4.78, 5) is 24.1. The van der Waals surface area contributed by atoms with Gasteiger partial charge in [-0.2, -0.15) is 0 Å². The molecule has 2 saturated heterocycles. The Balaban J connectivity index is 1.97. The Morgan fingerprint density at radius 3 is 2.60 bits per heavy atom. The van der Waals surface area contributed by atoms with Crippen LogP contribution in [0.5, 0.6) is 0 Å². The van der Waals surface area contributed by atoms with E-state index in [4.69, 9.17) is 9.84 Å². The number of amides is 1. The number of carbonyl (C=O) groups excluding carboxylic acids is 1. The summed E-state index contributed by atoms with van der Waals surface area (Å²) in [6.45, 7) is 1.72. The molecule has 15 heavy (non-hydrogen) atoms. The number of rotatable bonds is 2. The van der Waals surface area contributed by atoms with Crippen LogP contribution >= 0.6 is 0 Å². The summed E-state index contributed by atoms with van der Waals surface area (Å²) in [7, 11) is 0. The fraction of sp³-hybridized carbons (Fsp3) is 0.800. The Morgan fingerprint density at radius 1 is 1.40 bits per heavy atom. The van der Waals surface area contributed by atoms with Crippen molar-refractivity contribution in [3.8, 4) is 0 Å². The third kappa shape index (κ3) is 2.12. The molecule has 2 aliphatic rings. The molecule has 0 aromatic carbocycles. The van der Waals surface area contributed by atoms with E-state index in [9.17, 15) is 9.59 Å². The maximum absolute atomic E-state index is 11.6. The summed E-state index contributed by atoms with van der Waals surface area (Å²) in [5.74, 6) is -1.40. The van der Waals surface area contributed by atoms with Crippen molar-refractivity contribution >= 4 is 11.9 Å². The Labute approximate surface area is 88.0 Å². The van der Waals surface area contributed by atoms with Gasteiger partial charge in [-0.05, 0) is 12.8 Å². The van der Waals surface area contributed by atoms with Gasteiger partial charge in [0.05, 0.1) is 5.92 Å². The van der Waals surface area contributed by atoms with Gasteiger partial charge in [0.2, 0.25) is 5.91 Å². The second-order valence-corrected chi connectivity index (χ2v) is 4.13. The van der Waals surface area contributed by atoms with Crippen LogP contribution in [0.25, 0.3) is 0 Å². The molecule has 0 aromatic heterocycles. The average molecular weight is 213 g/mol. The van der Waals surface area contributed by atoms with Gasteiger partial charge in [-0.3, -0.25) is 9.59 Å². The summed E-state index contributed by atoms with van der Waals surface area (Å²) in [5.41, 5.74) is 0. The smallest absolute Gasteiger partial charge is 0.308 e. The van der Waals surface area contributed by atoms with Gasteiger partial charge >= 0.3 is 5.97 Å². The number of ether oxygens (including phenoxy) is 1. The van der Waals surface area contributed by atoms with Gasteiger partial charge < -0.3 is 14.7 Å². The molecule has 84 valence electrons. The highest BCUT2D eigenvalue weighted by Crippen LogP contribution is 2.24. The number of hydrogen-bond donors (Lipinski definition) is 1. The molecule has 2 aliphatic heterocycles. The summed E-state index contributed by atoms with van der Waals surface area (Å²) in [6.07, 6.45) is 1.82. The van der Waals surface area contributed by atoms with E-state index in [2.05, 4.69) is 0 Å². The Morgan fingerprint density at radius 2 is 2.07 bits per heavy atom. The number of carboxylic acids is 1. The van der Waals surface area contributed by atoms with E-state index in [0.29, 0.717) is 19.8 Å². The van der Waals surface area contributed by atoms with Gasteiger partial charge in [0.15, 0.2) is 0 Å². The number of likely N-dealkylation sites (tertiary alicyclic amines) is 1. The van der Waals surface area contributed by atoms with E-state index < -0.39 is 11.9 Å². The predicted octanol–water partition coefficient (Wildman–Crippen LogP) is 0.0985. The minimum atomic E-state index is -0.863. The zero-order valence-corrected chi connectivity index (χ0v) is 8.52. The van der Waals surface area contributed by atoms with Crippen LogP contribution in [-0.4, -0.2) is 47.7 Å². The second kappa shape index (κ2) is 4.18. The lowest BCUT2D eigenvalue weighted by Gasteiger charge is -2.31. The SMILES string of the molecule is O=C(O)C1CC(=O)N(C2CCOCC2)C1. The van der Waals surface area contributed by atoms with Crippen molar-refractivity contribution in [2.24, 2.45) is 5.92 Å². The van der Waals surface area contributed by atoms with Crippen LogP contribution in [0.4, 0.5) is 0 Å². The number of carbonyl (C=O) groups is 2. The summed E-state index contributed by atoms with van der Waals surface area (Å²) >= 11 is 0. The molecule has 0 aromatic rings. The molecule has 1 atom stereocenters. The minimum absolute atomic E-state index is 0.0192. The quantitative estimate of drug-likeness (QED) is 0.706. The molecule has 5 heteroatoms. The summed E-state index contributed by atoms with van der Waals surface area (Å²) < 4.78 is 5.21. The molecule has 2 rings (SSSR count). The first kappa shape index (κ1) is 10.4. The lowest BCUT2D eigenvalue weighted by atomic mass is 10.1. The van der Waals surface area contributed by atoms with E-state index >= 15 is 0 Å². The molecule has 0 spiro atoms. The van der Waals surface area contributed by atoms with Crippen molar-refractivity contribution in [3.05, 3.63) is 0 Å². The van der Waals surface area contributed by atoms with Crippen LogP contribution in [0.2, 0.25) is 0 Å². The largest absolute Gasteiger partial charge is 0.481 e. The topological polar surface area (TPSA) is 66.8 Å². The van der Waals surface area contributed by atoms with Crippen LogP contribution in [0.3, 0.4) is 0 Å². The first-order chi connectivity index (χ1) is 7.18. The fourth-order valence-electron chi connectivity index (χ4n) is 2.25. The number of carboxylic acid groups (broad SMARTS) is 1. The Bertz CT molecular complexity index is 273. The van der Waals surface area contributed by atoms with Crippen molar-refractivity contribution in [2.45, 2.75) is 25.3 Å². The molecule has 5 nitrogen and oxygen atoms in total. The molecule has 1 unspecified atom stereocenters. The maximum atomic E-state index is 11.6. The summed E-state index contributed by atoms with van der Waals surface area (Å²) in [6, 6.07) is 0.190. The van der Waals surface area contributed by atoms with Gasteiger partial charge in [0.25, 0.3) is 0 Å². The van der Waals surface area contributed by atoms with E-state index in [1.807, 2.05) is 0 Å².